The van der Waals surface area contributed by atoms with E-state index < -0.39 is 0 Å². The molecule has 0 unspecified atom stereocenters. The molecule has 92 valence electrons. The van der Waals surface area contributed by atoms with Gasteiger partial charge in [0.1, 0.15) is 6.61 Å². The lowest BCUT2D eigenvalue weighted by molar-refractivity contribution is -0.139. The van der Waals surface area contributed by atoms with Crippen LogP contribution in [0.4, 0.5) is 0 Å². The van der Waals surface area contributed by atoms with E-state index in [4.69, 9.17) is 8.92 Å². The summed E-state index contributed by atoms with van der Waals surface area (Å²) in [5.41, 5.74) is 1.61. The Hall–Kier alpha value is -1.26. The van der Waals surface area contributed by atoms with Crippen LogP contribution in [0.3, 0.4) is 0 Å². The van der Waals surface area contributed by atoms with Crippen molar-refractivity contribution in [3.05, 3.63) is 42.0 Å². The fourth-order valence-electron chi connectivity index (χ4n) is 0.995. The quantitative estimate of drug-likeness (QED) is 0.337. The fourth-order valence-corrected chi connectivity index (χ4v) is 1.53. The lowest BCUT2D eigenvalue weighted by Crippen LogP contribution is -2.09. The first kappa shape index (κ1) is 13.8. The van der Waals surface area contributed by atoms with Gasteiger partial charge in [-0.2, -0.15) is 0 Å². The van der Waals surface area contributed by atoms with Gasteiger partial charge >= 0.3 is 5.97 Å². The third-order valence-corrected chi connectivity index (χ3v) is 2.67. The summed E-state index contributed by atoms with van der Waals surface area (Å²) in [6.45, 7) is 7.74. The average Bonchev–Trinajstić information content (AvgIpc) is 2.30. The predicted molar refractivity (Wildman–Crippen MR) is 68.8 cm³/mol. The third kappa shape index (κ3) is 5.56. The summed E-state index contributed by atoms with van der Waals surface area (Å²) in [6.07, 6.45) is 0. The van der Waals surface area contributed by atoms with E-state index in [1.165, 1.54) is 17.6 Å². The molecular weight excluding hydrogens is 236 g/mol. The molecule has 0 spiro atoms. The molecule has 0 aromatic heterocycles. The number of carbonyl (C=O) groups excluding carboxylic acids is 1. The molecule has 1 aromatic carbocycles. The highest BCUT2D eigenvalue weighted by Crippen LogP contribution is 2.18. The summed E-state index contributed by atoms with van der Waals surface area (Å²) in [5.74, 6) is -0.381. The molecule has 1 rings (SSSR count). The molecule has 1 aromatic rings. The van der Waals surface area contributed by atoms with Crippen molar-refractivity contribution in [1.29, 1.82) is 0 Å². The molecule has 17 heavy (non-hydrogen) atoms. The Morgan fingerprint density at radius 1 is 1.29 bits per heavy atom. The maximum absolute atomic E-state index is 11.0. The van der Waals surface area contributed by atoms with Gasteiger partial charge < -0.3 is 8.92 Å². The van der Waals surface area contributed by atoms with Crippen LogP contribution in [0.2, 0.25) is 0 Å². The number of hydrogen-bond acceptors (Lipinski definition) is 4. The lowest BCUT2D eigenvalue weighted by atomic mass is 10.2. The molecule has 0 atom stereocenters. The SMILES string of the molecule is C=C(C)C(=O)OCCOSc1ccc(C)cc1. The number of hydrogen-bond donors (Lipinski definition) is 0. The highest BCUT2D eigenvalue weighted by Gasteiger charge is 2.02. The second-order valence-electron chi connectivity index (χ2n) is 3.63. The molecule has 0 aliphatic carbocycles. The minimum Gasteiger partial charge on any atom is -0.460 e. The average molecular weight is 252 g/mol. The van der Waals surface area contributed by atoms with E-state index in [-0.39, 0.29) is 12.6 Å². The third-order valence-electron chi connectivity index (χ3n) is 1.92. The van der Waals surface area contributed by atoms with Gasteiger partial charge in [-0.25, -0.2) is 4.79 Å². The van der Waals surface area contributed by atoms with Crippen molar-refractivity contribution < 1.29 is 13.7 Å². The van der Waals surface area contributed by atoms with Gasteiger partial charge in [0.15, 0.2) is 0 Å². The van der Waals surface area contributed by atoms with Gasteiger partial charge in [-0.15, -0.1) is 0 Å². The molecule has 0 bridgehead atoms. The van der Waals surface area contributed by atoms with Gasteiger partial charge in [-0.3, -0.25) is 0 Å². The standard InChI is InChI=1S/C13H16O3S/c1-10(2)13(14)15-8-9-16-17-12-6-4-11(3)5-7-12/h4-7H,1,8-9H2,2-3H3. The molecule has 0 fully saturated rings. The molecule has 0 N–H and O–H groups in total. The first-order valence-electron chi connectivity index (χ1n) is 5.28. The first-order valence-corrected chi connectivity index (χ1v) is 6.02. The first-order chi connectivity index (χ1) is 8.09. The van der Waals surface area contributed by atoms with Crippen molar-refractivity contribution in [3.63, 3.8) is 0 Å². The molecule has 0 saturated carbocycles. The van der Waals surface area contributed by atoms with Crippen LogP contribution >= 0.6 is 12.0 Å². The van der Waals surface area contributed by atoms with Crippen LogP contribution in [0, 0.1) is 6.92 Å². The van der Waals surface area contributed by atoms with Crippen LogP contribution in [-0.2, 0) is 13.7 Å². The summed E-state index contributed by atoms with van der Waals surface area (Å²) < 4.78 is 10.2. The van der Waals surface area contributed by atoms with E-state index in [1.807, 2.05) is 31.2 Å². The molecule has 0 aliphatic rings. The van der Waals surface area contributed by atoms with Crippen LogP contribution in [0.5, 0.6) is 0 Å². The Kier molecular flexibility index (Phi) is 5.80. The van der Waals surface area contributed by atoms with Gasteiger partial charge in [0.05, 0.1) is 6.61 Å². The highest BCUT2D eigenvalue weighted by atomic mass is 32.2. The normalized spacial score (nSPS) is 10.0. The van der Waals surface area contributed by atoms with Crippen molar-refractivity contribution in [2.75, 3.05) is 13.2 Å². The van der Waals surface area contributed by atoms with E-state index in [0.29, 0.717) is 12.2 Å². The number of esters is 1. The van der Waals surface area contributed by atoms with Crippen LogP contribution in [-0.4, -0.2) is 19.2 Å². The zero-order valence-corrected chi connectivity index (χ0v) is 10.9. The monoisotopic (exact) mass is 252 g/mol. The van der Waals surface area contributed by atoms with Crippen LogP contribution in [0.1, 0.15) is 12.5 Å². The summed E-state index contributed by atoms with van der Waals surface area (Å²) in [7, 11) is 0. The van der Waals surface area contributed by atoms with Gasteiger partial charge in [0, 0.05) is 22.5 Å². The topological polar surface area (TPSA) is 35.5 Å². The van der Waals surface area contributed by atoms with E-state index >= 15 is 0 Å². The molecule has 0 amide bonds. The van der Waals surface area contributed by atoms with E-state index in [1.54, 1.807) is 6.92 Å². The molecule has 3 nitrogen and oxygen atoms in total. The molecule has 4 heteroatoms. The number of carbonyl (C=O) groups is 1. The Bertz CT molecular complexity index is 384. The summed E-state index contributed by atoms with van der Waals surface area (Å²) in [6, 6.07) is 8.01. The molecule has 0 heterocycles. The summed E-state index contributed by atoms with van der Waals surface area (Å²) >= 11 is 1.28. The van der Waals surface area contributed by atoms with Crippen LogP contribution in [0.15, 0.2) is 41.3 Å². The minimum absolute atomic E-state index is 0.241. The van der Waals surface area contributed by atoms with Gasteiger partial charge in [-0.1, -0.05) is 24.3 Å². The Labute approximate surface area is 106 Å². The Morgan fingerprint density at radius 2 is 1.94 bits per heavy atom. The largest absolute Gasteiger partial charge is 0.460 e. The van der Waals surface area contributed by atoms with Gasteiger partial charge in [0.25, 0.3) is 0 Å². The lowest BCUT2D eigenvalue weighted by Gasteiger charge is -2.05. The zero-order chi connectivity index (χ0) is 12.7. The maximum atomic E-state index is 11.0. The van der Waals surface area contributed by atoms with Crippen molar-refractivity contribution in [2.45, 2.75) is 18.7 Å². The summed E-state index contributed by atoms with van der Waals surface area (Å²) in [4.78, 5) is 12.1. The van der Waals surface area contributed by atoms with Crippen LogP contribution in [0.25, 0.3) is 0 Å². The van der Waals surface area contributed by atoms with Gasteiger partial charge in [-0.05, 0) is 26.0 Å². The predicted octanol–water partition coefficient (Wildman–Crippen LogP) is 3.14. The highest BCUT2D eigenvalue weighted by molar-refractivity contribution is 7.94. The summed E-state index contributed by atoms with van der Waals surface area (Å²) in [5, 5.41) is 0. The molecular formula is C13H16O3S. The fraction of sp³-hybridized carbons (Fsp3) is 0.308. The number of ether oxygens (including phenoxy) is 1. The van der Waals surface area contributed by atoms with Crippen molar-refractivity contribution in [3.8, 4) is 0 Å². The molecule has 0 radical (unpaired) electrons. The number of rotatable bonds is 6. The minimum atomic E-state index is -0.381. The zero-order valence-electron chi connectivity index (χ0n) is 10.1. The maximum Gasteiger partial charge on any atom is 0.333 e. The van der Waals surface area contributed by atoms with Crippen molar-refractivity contribution in [2.24, 2.45) is 0 Å². The van der Waals surface area contributed by atoms with E-state index in [2.05, 4.69) is 6.58 Å². The molecule has 0 aliphatic heterocycles. The number of benzene rings is 1. The van der Waals surface area contributed by atoms with Gasteiger partial charge in [0.2, 0.25) is 0 Å². The smallest absolute Gasteiger partial charge is 0.333 e. The van der Waals surface area contributed by atoms with Crippen molar-refractivity contribution >= 4 is 18.0 Å². The Balaban J connectivity index is 2.14. The van der Waals surface area contributed by atoms with E-state index in [0.717, 1.165) is 4.90 Å². The second kappa shape index (κ2) is 7.14. The van der Waals surface area contributed by atoms with Crippen LogP contribution < -0.4 is 0 Å². The van der Waals surface area contributed by atoms with E-state index in [9.17, 15) is 4.79 Å². The second-order valence-corrected chi connectivity index (χ2v) is 4.51. The Morgan fingerprint density at radius 3 is 2.53 bits per heavy atom. The van der Waals surface area contributed by atoms with Crippen molar-refractivity contribution in [1.82, 2.24) is 0 Å². The molecule has 0 saturated heterocycles. The number of aryl methyl sites for hydroxylation is 1.